The van der Waals surface area contributed by atoms with Gasteiger partial charge in [0.2, 0.25) is 11.8 Å². The fraction of sp³-hybridized carbons (Fsp3) is 0.556. The zero-order valence-corrected chi connectivity index (χ0v) is 14.3. The Labute approximate surface area is 146 Å². The Morgan fingerprint density at radius 2 is 2.12 bits per heavy atom. The van der Waals surface area contributed by atoms with Crippen molar-refractivity contribution in [3.8, 4) is 0 Å². The van der Waals surface area contributed by atoms with Crippen LogP contribution in [0.15, 0.2) is 24.3 Å². The van der Waals surface area contributed by atoms with Crippen LogP contribution in [-0.4, -0.2) is 73.7 Å². The molecule has 0 aliphatic carbocycles. The minimum Gasteiger partial charge on any atom is -0.383 e. The lowest BCUT2D eigenvalue weighted by Gasteiger charge is -2.46. The number of morpholine rings is 1. The van der Waals surface area contributed by atoms with Crippen LogP contribution in [0, 0.1) is 5.82 Å². The van der Waals surface area contributed by atoms with Gasteiger partial charge in [0.1, 0.15) is 12.4 Å². The lowest BCUT2D eigenvalue weighted by Crippen LogP contribution is -2.63. The number of rotatable bonds is 5. The van der Waals surface area contributed by atoms with Crippen molar-refractivity contribution in [1.82, 2.24) is 9.80 Å². The Balaban J connectivity index is 1.64. The first kappa shape index (κ1) is 17.8. The molecule has 25 heavy (non-hydrogen) atoms. The van der Waals surface area contributed by atoms with Crippen molar-refractivity contribution in [2.45, 2.75) is 25.0 Å². The number of hydrogen-bond acceptors (Lipinski definition) is 4. The van der Waals surface area contributed by atoms with Crippen LogP contribution in [0.3, 0.4) is 0 Å². The van der Waals surface area contributed by atoms with E-state index in [2.05, 4.69) is 0 Å². The average Bonchev–Trinajstić information content (AvgIpc) is 2.62. The van der Waals surface area contributed by atoms with E-state index in [1.165, 1.54) is 12.1 Å². The molecular formula is C18H23FN2O4. The number of methoxy groups -OCH3 is 1. The third-order valence-electron chi connectivity index (χ3n) is 4.82. The van der Waals surface area contributed by atoms with Crippen molar-refractivity contribution >= 4 is 11.8 Å². The molecule has 0 aromatic heterocycles. The molecule has 0 spiro atoms. The number of ether oxygens (including phenoxy) is 2. The number of carbonyl (C=O) groups excluding carboxylic acids is 2. The number of piperidine rings is 1. The molecule has 2 atom stereocenters. The lowest BCUT2D eigenvalue weighted by atomic mass is 9.97. The molecule has 2 saturated heterocycles. The molecule has 136 valence electrons. The van der Waals surface area contributed by atoms with E-state index in [1.54, 1.807) is 29.0 Å². The standard InChI is InChI=1S/C18H23FN2O4/c1-24-9-8-21-15-11-20(7-6-16(15)25-12-18(21)23)17(22)10-13-2-4-14(19)5-3-13/h2-5,15-16H,6-12H2,1H3/t15-,16+/m0/s1. The van der Waals surface area contributed by atoms with Gasteiger partial charge in [0.25, 0.3) is 0 Å². The molecular weight excluding hydrogens is 327 g/mol. The maximum Gasteiger partial charge on any atom is 0.249 e. The minimum absolute atomic E-state index is 0.0187. The summed E-state index contributed by atoms with van der Waals surface area (Å²) >= 11 is 0. The van der Waals surface area contributed by atoms with Gasteiger partial charge < -0.3 is 19.3 Å². The summed E-state index contributed by atoms with van der Waals surface area (Å²) in [6.07, 6.45) is 0.894. The number of likely N-dealkylation sites (tertiary alicyclic amines) is 1. The average molecular weight is 350 g/mol. The van der Waals surface area contributed by atoms with Crippen molar-refractivity contribution in [2.24, 2.45) is 0 Å². The molecule has 2 amide bonds. The summed E-state index contributed by atoms with van der Waals surface area (Å²) < 4.78 is 23.7. The van der Waals surface area contributed by atoms with Crippen LogP contribution in [0.25, 0.3) is 0 Å². The largest absolute Gasteiger partial charge is 0.383 e. The molecule has 3 rings (SSSR count). The fourth-order valence-electron chi connectivity index (χ4n) is 3.45. The molecule has 1 aromatic carbocycles. The van der Waals surface area contributed by atoms with Gasteiger partial charge in [0.15, 0.2) is 0 Å². The first-order valence-corrected chi connectivity index (χ1v) is 8.50. The lowest BCUT2D eigenvalue weighted by molar-refractivity contribution is -0.167. The van der Waals surface area contributed by atoms with Gasteiger partial charge in [-0.2, -0.15) is 0 Å². The van der Waals surface area contributed by atoms with Crippen LogP contribution in [0.5, 0.6) is 0 Å². The van der Waals surface area contributed by atoms with Gasteiger partial charge in [0, 0.05) is 26.7 Å². The summed E-state index contributed by atoms with van der Waals surface area (Å²) in [5.41, 5.74) is 0.778. The number of nitrogens with zero attached hydrogens (tertiary/aromatic N) is 2. The van der Waals surface area contributed by atoms with Gasteiger partial charge in [-0.05, 0) is 24.1 Å². The zero-order valence-electron chi connectivity index (χ0n) is 14.3. The highest BCUT2D eigenvalue weighted by Crippen LogP contribution is 2.24. The van der Waals surface area contributed by atoms with Crippen LogP contribution in [-0.2, 0) is 25.5 Å². The van der Waals surface area contributed by atoms with Crippen LogP contribution >= 0.6 is 0 Å². The van der Waals surface area contributed by atoms with E-state index >= 15 is 0 Å². The number of fused-ring (bicyclic) bond motifs is 1. The Kier molecular flexibility index (Phi) is 5.65. The van der Waals surface area contributed by atoms with Crippen LogP contribution < -0.4 is 0 Å². The van der Waals surface area contributed by atoms with Crippen molar-refractivity contribution in [2.75, 3.05) is 40.0 Å². The molecule has 2 heterocycles. The predicted octanol–water partition coefficient (Wildman–Crippen LogP) is 0.843. The molecule has 0 N–H and O–H groups in total. The maximum absolute atomic E-state index is 13.0. The van der Waals surface area contributed by atoms with Crippen LogP contribution in [0.4, 0.5) is 4.39 Å². The molecule has 0 radical (unpaired) electrons. The molecule has 0 bridgehead atoms. The Hall–Kier alpha value is -1.99. The summed E-state index contributed by atoms with van der Waals surface area (Å²) in [6.45, 7) is 2.11. The summed E-state index contributed by atoms with van der Waals surface area (Å²) in [5.74, 6) is -0.399. The second kappa shape index (κ2) is 7.93. The highest BCUT2D eigenvalue weighted by atomic mass is 19.1. The third-order valence-corrected chi connectivity index (χ3v) is 4.82. The summed E-state index contributed by atoms with van der Waals surface area (Å²) in [7, 11) is 1.60. The molecule has 7 heteroatoms. The first-order valence-electron chi connectivity index (χ1n) is 8.50. The van der Waals surface area contributed by atoms with Gasteiger partial charge in [-0.25, -0.2) is 4.39 Å². The van der Waals surface area contributed by atoms with Crippen molar-refractivity contribution < 1.29 is 23.5 Å². The summed E-state index contributed by atoms with van der Waals surface area (Å²) in [4.78, 5) is 28.3. The normalized spacial score (nSPS) is 23.5. The highest BCUT2D eigenvalue weighted by molar-refractivity contribution is 5.80. The number of halogens is 1. The summed E-state index contributed by atoms with van der Waals surface area (Å²) in [6, 6.07) is 5.82. The Morgan fingerprint density at radius 1 is 1.36 bits per heavy atom. The second-order valence-corrected chi connectivity index (χ2v) is 6.43. The fourth-order valence-corrected chi connectivity index (χ4v) is 3.45. The molecule has 2 aliphatic heterocycles. The molecule has 0 unspecified atom stereocenters. The molecule has 2 fully saturated rings. The van der Waals surface area contributed by atoms with Gasteiger partial charge >= 0.3 is 0 Å². The number of benzene rings is 1. The van der Waals surface area contributed by atoms with Crippen LogP contribution in [0.2, 0.25) is 0 Å². The van der Waals surface area contributed by atoms with Crippen molar-refractivity contribution in [1.29, 1.82) is 0 Å². The zero-order chi connectivity index (χ0) is 17.8. The smallest absolute Gasteiger partial charge is 0.249 e. The van der Waals surface area contributed by atoms with E-state index < -0.39 is 0 Å². The monoisotopic (exact) mass is 350 g/mol. The van der Waals surface area contributed by atoms with E-state index in [-0.39, 0.29) is 42.8 Å². The highest BCUT2D eigenvalue weighted by Gasteiger charge is 2.41. The molecule has 0 saturated carbocycles. The van der Waals surface area contributed by atoms with E-state index in [1.807, 2.05) is 0 Å². The number of carbonyl (C=O) groups is 2. The van der Waals surface area contributed by atoms with E-state index in [9.17, 15) is 14.0 Å². The van der Waals surface area contributed by atoms with Crippen LogP contribution in [0.1, 0.15) is 12.0 Å². The molecule has 6 nitrogen and oxygen atoms in total. The van der Waals surface area contributed by atoms with E-state index in [0.717, 1.165) is 5.56 Å². The SMILES string of the molecule is COCCN1C(=O)CO[C@@H]2CCN(C(=O)Cc3ccc(F)cc3)C[C@@H]21. The van der Waals surface area contributed by atoms with Gasteiger partial charge in [-0.1, -0.05) is 12.1 Å². The first-order chi connectivity index (χ1) is 12.1. The number of hydrogen-bond donors (Lipinski definition) is 0. The van der Waals surface area contributed by atoms with Gasteiger partial charge in [-0.3, -0.25) is 9.59 Å². The van der Waals surface area contributed by atoms with E-state index in [4.69, 9.17) is 9.47 Å². The van der Waals surface area contributed by atoms with Gasteiger partial charge in [-0.15, -0.1) is 0 Å². The molecule has 2 aliphatic rings. The Morgan fingerprint density at radius 3 is 2.84 bits per heavy atom. The Bertz CT molecular complexity index is 622. The topological polar surface area (TPSA) is 59.1 Å². The van der Waals surface area contributed by atoms with Gasteiger partial charge in [0.05, 0.1) is 25.2 Å². The third kappa shape index (κ3) is 4.16. The second-order valence-electron chi connectivity index (χ2n) is 6.43. The predicted molar refractivity (Wildman–Crippen MR) is 88.4 cm³/mol. The summed E-state index contributed by atoms with van der Waals surface area (Å²) in [5, 5.41) is 0. The minimum atomic E-state index is -0.316. The van der Waals surface area contributed by atoms with E-state index in [0.29, 0.717) is 32.7 Å². The number of amides is 2. The van der Waals surface area contributed by atoms with Crippen molar-refractivity contribution in [3.05, 3.63) is 35.6 Å². The van der Waals surface area contributed by atoms with Crippen molar-refractivity contribution in [3.63, 3.8) is 0 Å². The molecule has 1 aromatic rings. The maximum atomic E-state index is 13.0. The quantitative estimate of drug-likeness (QED) is 0.790.